The van der Waals surface area contributed by atoms with Gasteiger partial charge in [0.05, 0.1) is 18.8 Å². The van der Waals surface area contributed by atoms with Gasteiger partial charge in [0.1, 0.15) is 29.9 Å². The molecule has 13 N–H and O–H groups in total. The molecule has 19 heteroatoms. The largest absolute Gasteiger partial charge is 0.508 e. The van der Waals surface area contributed by atoms with Crippen LogP contribution in [0.15, 0.2) is 36.8 Å². The summed E-state index contributed by atoms with van der Waals surface area (Å²) in [4.78, 5) is 94.1. The van der Waals surface area contributed by atoms with Gasteiger partial charge in [-0.1, -0.05) is 18.6 Å². The number of amides is 4. The molecular weight excluding hydrogens is 648 g/mol. The molecule has 0 bridgehead atoms. The Kier molecular flexibility index (Phi) is 16.1. The summed E-state index contributed by atoms with van der Waals surface area (Å²) in [5.41, 5.74) is 12.1. The van der Waals surface area contributed by atoms with Gasteiger partial charge in [-0.3, -0.25) is 28.8 Å². The Hall–Kier alpha value is -5.56. The molecule has 0 fully saturated rings. The molecule has 5 atom stereocenters. The molecule has 2 rings (SSSR count). The maximum absolute atomic E-state index is 13.7. The van der Waals surface area contributed by atoms with Crippen LogP contribution in [-0.2, 0) is 46.4 Å². The lowest BCUT2D eigenvalue weighted by molar-refractivity contribution is -0.143. The van der Waals surface area contributed by atoms with Crippen molar-refractivity contribution in [1.82, 2.24) is 31.2 Å². The number of aromatic amines is 1. The summed E-state index contributed by atoms with van der Waals surface area (Å²) in [5, 5.41) is 47.0. The van der Waals surface area contributed by atoms with Crippen molar-refractivity contribution in [3.63, 3.8) is 0 Å². The second-order valence-corrected chi connectivity index (χ2v) is 11.2. The predicted molar refractivity (Wildman–Crippen MR) is 169 cm³/mol. The lowest BCUT2D eigenvalue weighted by Gasteiger charge is -2.26. The number of H-pyrrole nitrogens is 1. The Bertz CT molecular complexity index is 1440. The first-order valence-electron chi connectivity index (χ1n) is 15.3. The SMILES string of the molecule is NCCCC[C@H](N)C(=O)N[C@@H](CC(=O)O)C(=O)N[C@@H](Cc1ccc(O)cc1)C(=O)N[C@@H](Cc1cnc[nH]1)C(=O)N[C@@H](CCC(=O)O)C(=O)O. The maximum atomic E-state index is 13.7. The van der Waals surface area contributed by atoms with Gasteiger partial charge in [0.15, 0.2) is 0 Å². The van der Waals surface area contributed by atoms with Gasteiger partial charge in [-0.15, -0.1) is 0 Å². The summed E-state index contributed by atoms with van der Waals surface area (Å²) in [5.74, 6) is -8.14. The zero-order valence-electron chi connectivity index (χ0n) is 26.5. The highest BCUT2D eigenvalue weighted by Crippen LogP contribution is 2.13. The zero-order valence-corrected chi connectivity index (χ0v) is 26.5. The van der Waals surface area contributed by atoms with Gasteiger partial charge in [0.25, 0.3) is 0 Å². The van der Waals surface area contributed by atoms with Gasteiger partial charge in [0.2, 0.25) is 23.6 Å². The van der Waals surface area contributed by atoms with Crippen LogP contribution in [0.1, 0.15) is 49.8 Å². The third-order valence-electron chi connectivity index (χ3n) is 7.20. The molecule has 268 valence electrons. The highest BCUT2D eigenvalue weighted by Gasteiger charge is 2.33. The maximum Gasteiger partial charge on any atom is 0.326 e. The number of benzene rings is 1. The minimum absolute atomic E-state index is 0.0898. The number of phenols is 1. The van der Waals surface area contributed by atoms with Crippen LogP contribution >= 0.6 is 0 Å². The van der Waals surface area contributed by atoms with E-state index in [2.05, 4.69) is 31.2 Å². The fourth-order valence-electron chi connectivity index (χ4n) is 4.55. The van der Waals surface area contributed by atoms with E-state index in [0.29, 0.717) is 30.6 Å². The number of aromatic hydroxyl groups is 1. The number of nitrogens with one attached hydrogen (secondary N) is 5. The first-order valence-corrected chi connectivity index (χ1v) is 15.3. The molecule has 0 spiro atoms. The molecule has 0 aliphatic carbocycles. The number of aromatic nitrogens is 2. The fourth-order valence-corrected chi connectivity index (χ4v) is 4.55. The molecule has 49 heavy (non-hydrogen) atoms. The van der Waals surface area contributed by atoms with Crippen molar-refractivity contribution in [3.05, 3.63) is 48.0 Å². The number of carbonyl (C=O) groups is 7. The molecule has 0 aliphatic rings. The summed E-state index contributed by atoms with van der Waals surface area (Å²) in [6.45, 7) is 0.373. The number of nitrogens with zero attached hydrogens (tertiary/aromatic N) is 1. The number of carboxylic acid groups (broad SMARTS) is 3. The molecule has 1 aromatic carbocycles. The summed E-state index contributed by atoms with van der Waals surface area (Å²) in [6.07, 6.45) is 1.61. The van der Waals surface area contributed by atoms with Crippen LogP contribution in [0, 0.1) is 0 Å². The second kappa shape index (κ2) is 20.0. The van der Waals surface area contributed by atoms with Gasteiger partial charge in [-0.2, -0.15) is 0 Å². The van der Waals surface area contributed by atoms with E-state index in [0.717, 1.165) is 0 Å². The van der Waals surface area contributed by atoms with E-state index in [4.69, 9.17) is 16.6 Å². The van der Waals surface area contributed by atoms with Crippen LogP contribution in [0.4, 0.5) is 0 Å². The van der Waals surface area contributed by atoms with Crippen molar-refractivity contribution < 1.29 is 54.0 Å². The topological polar surface area (TPSA) is 329 Å². The Balaban J connectivity index is 2.36. The van der Waals surface area contributed by atoms with Crippen molar-refractivity contribution in [1.29, 1.82) is 0 Å². The Morgan fingerprint density at radius 1 is 0.735 bits per heavy atom. The third kappa shape index (κ3) is 14.4. The smallest absolute Gasteiger partial charge is 0.326 e. The highest BCUT2D eigenvalue weighted by atomic mass is 16.4. The Morgan fingerprint density at radius 3 is 1.84 bits per heavy atom. The first kappa shape index (κ1) is 39.6. The average Bonchev–Trinajstić information content (AvgIpc) is 3.55. The zero-order chi connectivity index (χ0) is 36.5. The lowest BCUT2D eigenvalue weighted by atomic mass is 10.0. The molecule has 0 saturated heterocycles. The average molecular weight is 691 g/mol. The standard InChI is InChI=1S/C30H42N8O11/c31-10-2-1-3-19(32)26(44)36-23(13-25(42)43)29(47)37-21(11-16-4-6-18(39)7-5-16)27(45)38-22(12-17-14-33-15-34-17)28(46)35-20(30(48)49)8-9-24(40)41/h4-7,14-15,19-23,39H,1-3,8-13,31-32H2,(H,33,34)(H,35,46)(H,36,44)(H,37,47)(H,38,45)(H,40,41)(H,42,43)(H,48,49)/t19-,20-,21-,22-,23-/m0/s1. The van der Waals surface area contributed by atoms with Crippen LogP contribution in [0.5, 0.6) is 5.75 Å². The molecule has 1 heterocycles. The molecular formula is C30H42N8O11. The van der Waals surface area contributed by atoms with Gasteiger partial charge >= 0.3 is 17.9 Å². The Labute approximate surface area is 280 Å². The monoisotopic (exact) mass is 690 g/mol. The normalized spacial score (nSPS) is 13.9. The molecule has 19 nitrogen and oxygen atoms in total. The molecule has 0 aliphatic heterocycles. The summed E-state index contributed by atoms with van der Waals surface area (Å²) in [6, 6.07) is -1.76. The van der Waals surface area contributed by atoms with E-state index in [1.165, 1.54) is 36.8 Å². The van der Waals surface area contributed by atoms with Gasteiger partial charge in [-0.05, 0) is 43.5 Å². The highest BCUT2D eigenvalue weighted by molar-refractivity contribution is 5.96. The number of phenolic OH excluding ortho intramolecular Hbond substituents is 1. The number of imidazole rings is 1. The van der Waals surface area contributed by atoms with Crippen LogP contribution in [-0.4, -0.2) is 109 Å². The number of hydrogen-bond acceptors (Lipinski definition) is 11. The molecule has 0 radical (unpaired) electrons. The van der Waals surface area contributed by atoms with Crippen molar-refractivity contribution in [2.45, 2.75) is 81.6 Å². The third-order valence-corrected chi connectivity index (χ3v) is 7.20. The molecule has 1 aromatic heterocycles. The van der Waals surface area contributed by atoms with E-state index in [1.54, 1.807) is 0 Å². The lowest BCUT2D eigenvalue weighted by Crippen LogP contribution is -2.59. The van der Waals surface area contributed by atoms with Crippen molar-refractivity contribution in [2.75, 3.05) is 6.54 Å². The van der Waals surface area contributed by atoms with Crippen molar-refractivity contribution in [3.8, 4) is 5.75 Å². The summed E-state index contributed by atoms with van der Waals surface area (Å²) < 4.78 is 0. The number of rotatable bonds is 22. The fraction of sp³-hybridized carbons (Fsp3) is 0.467. The van der Waals surface area contributed by atoms with E-state index in [-0.39, 0.29) is 25.0 Å². The van der Waals surface area contributed by atoms with Crippen LogP contribution in [0.2, 0.25) is 0 Å². The van der Waals surface area contributed by atoms with Gasteiger partial charge in [0, 0.05) is 31.2 Å². The van der Waals surface area contributed by atoms with Crippen LogP contribution in [0.3, 0.4) is 0 Å². The minimum atomic E-state index is -1.66. The Morgan fingerprint density at radius 2 is 1.31 bits per heavy atom. The van der Waals surface area contributed by atoms with Crippen LogP contribution < -0.4 is 32.7 Å². The van der Waals surface area contributed by atoms with Crippen molar-refractivity contribution in [2.24, 2.45) is 11.5 Å². The number of unbranched alkanes of at least 4 members (excludes halogenated alkanes) is 1. The van der Waals surface area contributed by atoms with E-state index in [9.17, 15) is 48.9 Å². The number of nitrogens with two attached hydrogens (primary N) is 2. The predicted octanol–water partition coefficient (Wildman–Crippen LogP) is -2.28. The quantitative estimate of drug-likeness (QED) is 0.0580. The van der Waals surface area contributed by atoms with Gasteiger partial charge < -0.3 is 58.1 Å². The van der Waals surface area contributed by atoms with Crippen LogP contribution in [0.25, 0.3) is 0 Å². The summed E-state index contributed by atoms with van der Waals surface area (Å²) in [7, 11) is 0. The molecule has 0 saturated carbocycles. The first-order chi connectivity index (χ1) is 23.2. The minimum Gasteiger partial charge on any atom is -0.508 e. The van der Waals surface area contributed by atoms with Crippen molar-refractivity contribution >= 4 is 41.5 Å². The summed E-state index contributed by atoms with van der Waals surface area (Å²) >= 11 is 0. The van der Waals surface area contributed by atoms with E-state index < -0.39 is 91.0 Å². The molecule has 0 unspecified atom stereocenters. The van der Waals surface area contributed by atoms with E-state index in [1.807, 2.05) is 0 Å². The van der Waals surface area contributed by atoms with E-state index >= 15 is 0 Å². The number of carbonyl (C=O) groups excluding carboxylic acids is 4. The number of hydrogen-bond donors (Lipinski definition) is 11. The number of aliphatic carboxylic acids is 3. The molecule has 2 aromatic rings. The molecule has 4 amide bonds. The number of carboxylic acids is 3. The second-order valence-electron chi connectivity index (χ2n) is 11.2. The van der Waals surface area contributed by atoms with Gasteiger partial charge in [-0.25, -0.2) is 9.78 Å².